The highest BCUT2D eigenvalue weighted by molar-refractivity contribution is 5.78. The molecule has 0 radical (unpaired) electrons. The van der Waals surface area contributed by atoms with Gasteiger partial charge in [0.25, 0.3) is 0 Å². The number of rotatable bonds is 1. The van der Waals surface area contributed by atoms with Gasteiger partial charge in [-0.05, 0) is 19.1 Å². The van der Waals surface area contributed by atoms with E-state index in [1.165, 1.54) is 0 Å². The van der Waals surface area contributed by atoms with Crippen molar-refractivity contribution in [1.82, 2.24) is 10.1 Å². The molecule has 3 nitrogen and oxygen atoms in total. The smallest absolute Gasteiger partial charge is 0.185 e. The quantitative estimate of drug-likeness (QED) is 0.619. The Morgan fingerprint density at radius 3 is 2.62 bits per heavy atom. The van der Waals surface area contributed by atoms with Crippen molar-refractivity contribution in [2.45, 2.75) is 6.92 Å². The molecule has 0 fully saturated rings. The monoisotopic (exact) mass is 210 g/mol. The van der Waals surface area contributed by atoms with Crippen molar-refractivity contribution in [3.05, 3.63) is 48.2 Å². The Morgan fingerprint density at radius 2 is 1.81 bits per heavy atom. The van der Waals surface area contributed by atoms with Gasteiger partial charge in [-0.25, -0.2) is 4.98 Å². The minimum atomic E-state index is 0.734. The first-order chi connectivity index (χ1) is 7.84. The van der Waals surface area contributed by atoms with Crippen LogP contribution in [-0.2, 0) is 0 Å². The van der Waals surface area contributed by atoms with Crippen LogP contribution in [0.2, 0.25) is 0 Å². The third-order valence-corrected chi connectivity index (χ3v) is 2.55. The number of hydrogen-bond donors (Lipinski definition) is 0. The molecule has 1 aromatic carbocycles. The molecule has 16 heavy (non-hydrogen) atoms. The van der Waals surface area contributed by atoms with Crippen LogP contribution in [0.1, 0.15) is 5.69 Å². The number of benzene rings is 1. The van der Waals surface area contributed by atoms with Crippen molar-refractivity contribution in [3.63, 3.8) is 0 Å². The zero-order chi connectivity index (χ0) is 11.0. The topological polar surface area (TPSA) is 38.9 Å². The summed E-state index contributed by atoms with van der Waals surface area (Å²) >= 11 is 0. The molecule has 0 saturated heterocycles. The fourth-order valence-electron chi connectivity index (χ4n) is 1.71. The maximum absolute atomic E-state index is 5.13. The van der Waals surface area contributed by atoms with E-state index >= 15 is 0 Å². The van der Waals surface area contributed by atoms with Crippen LogP contribution in [0.25, 0.3) is 22.4 Å². The minimum absolute atomic E-state index is 0.734. The summed E-state index contributed by atoms with van der Waals surface area (Å²) in [7, 11) is 0. The average Bonchev–Trinajstić information content (AvgIpc) is 2.72. The van der Waals surface area contributed by atoms with Gasteiger partial charge in [-0.15, -0.1) is 0 Å². The maximum Gasteiger partial charge on any atom is 0.185 e. The summed E-state index contributed by atoms with van der Waals surface area (Å²) in [5.41, 5.74) is 4.44. The van der Waals surface area contributed by atoms with Gasteiger partial charge < -0.3 is 4.52 Å². The highest BCUT2D eigenvalue weighted by Gasteiger charge is 2.07. The van der Waals surface area contributed by atoms with Crippen molar-refractivity contribution >= 4 is 11.1 Å². The molecule has 0 unspecified atom stereocenters. The zero-order valence-electron chi connectivity index (χ0n) is 8.84. The molecule has 78 valence electrons. The summed E-state index contributed by atoms with van der Waals surface area (Å²) in [6.07, 6.45) is 0. The molecule has 0 saturated carbocycles. The normalized spacial score (nSPS) is 10.8. The highest BCUT2D eigenvalue weighted by atomic mass is 16.5. The Labute approximate surface area is 92.7 Å². The highest BCUT2D eigenvalue weighted by Crippen LogP contribution is 2.22. The van der Waals surface area contributed by atoms with E-state index in [4.69, 9.17) is 4.52 Å². The fourth-order valence-corrected chi connectivity index (χ4v) is 1.71. The molecule has 2 aromatic heterocycles. The van der Waals surface area contributed by atoms with Gasteiger partial charge >= 0.3 is 0 Å². The molecule has 0 amide bonds. The predicted molar refractivity (Wildman–Crippen MR) is 62.0 cm³/mol. The second-order valence-corrected chi connectivity index (χ2v) is 3.68. The van der Waals surface area contributed by atoms with Crippen LogP contribution < -0.4 is 0 Å². The van der Waals surface area contributed by atoms with Gasteiger partial charge in [-0.3, -0.25) is 0 Å². The number of fused-ring (bicyclic) bond motifs is 1. The van der Waals surface area contributed by atoms with Crippen LogP contribution >= 0.6 is 0 Å². The van der Waals surface area contributed by atoms with Crippen LogP contribution in [0.5, 0.6) is 0 Å². The molecule has 3 aromatic rings. The molecule has 3 rings (SSSR count). The van der Waals surface area contributed by atoms with Gasteiger partial charge in [-0.1, -0.05) is 35.5 Å². The fraction of sp³-hybridized carbons (Fsp3) is 0.0769. The van der Waals surface area contributed by atoms with Gasteiger partial charge in [0.2, 0.25) is 0 Å². The van der Waals surface area contributed by atoms with Crippen LogP contribution in [-0.4, -0.2) is 10.1 Å². The van der Waals surface area contributed by atoms with E-state index in [2.05, 4.69) is 10.1 Å². The van der Waals surface area contributed by atoms with E-state index in [1.54, 1.807) is 0 Å². The van der Waals surface area contributed by atoms with Crippen LogP contribution in [0.4, 0.5) is 0 Å². The first-order valence-corrected chi connectivity index (χ1v) is 5.13. The van der Waals surface area contributed by atoms with Gasteiger partial charge in [0.05, 0.1) is 5.69 Å². The first-order valence-electron chi connectivity index (χ1n) is 5.13. The molecular weight excluding hydrogens is 200 g/mol. The third kappa shape index (κ3) is 1.37. The summed E-state index contributed by atoms with van der Waals surface area (Å²) in [5.74, 6) is 0. The van der Waals surface area contributed by atoms with Crippen molar-refractivity contribution in [3.8, 4) is 11.3 Å². The Balaban J connectivity index is 2.22. The van der Waals surface area contributed by atoms with Gasteiger partial charge in [0.15, 0.2) is 5.58 Å². The number of aryl methyl sites for hydroxylation is 1. The SMILES string of the molecule is Cc1noc2ccc(-c3ccccc3)nc12. The Kier molecular flexibility index (Phi) is 1.96. The number of nitrogens with zero attached hydrogens (tertiary/aromatic N) is 2. The summed E-state index contributed by atoms with van der Waals surface area (Å²) in [4.78, 5) is 4.55. The second kappa shape index (κ2) is 3.45. The number of hydrogen-bond acceptors (Lipinski definition) is 3. The third-order valence-electron chi connectivity index (χ3n) is 2.55. The largest absolute Gasteiger partial charge is 0.354 e. The zero-order valence-corrected chi connectivity index (χ0v) is 8.84. The standard InChI is InChI=1S/C13H10N2O/c1-9-13-12(16-15-9)8-7-11(14-13)10-5-3-2-4-6-10/h2-8H,1H3. The van der Waals surface area contributed by atoms with E-state index in [-0.39, 0.29) is 0 Å². The van der Waals surface area contributed by atoms with Crippen LogP contribution in [0, 0.1) is 6.92 Å². The molecule has 0 aliphatic carbocycles. The molecule has 0 atom stereocenters. The van der Waals surface area contributed by atoms with Crippen LogP contribution in [0.15, 0.2) is 47.0 Å². The summed E-state index contributed by atoms with van der Waals surface area (Å²) in [6.45, 7) is 1.90. The van der Waals surface area contributed by atoms with Gasteiger partial charge in [0.1, 0.15) is 11.2 Å². The Bertz CT molecular complexity index is 629. The lowest BCUT2D eigenvalue weighted by Crippen LogP contribution is -1.84. The van der Waals surface area contributed by atoms with E-state index in [0.717, 1.165) is 28.1 Å². The first kappa shape index (κ1) is 9.09. The number of aromatic nitrogens is 2. The van der Waals surface area contributed by atoms with E-state index in [1.807, 2.05) is 49.4 Å². The van der Waals surface area contributed by atoms with Crippen molar-refractivity contribution in [2.75, 3.05) is 0 Å². The van der Waals surface area contributed by atoms with Crippen LogP contribution in [0.3, 0.4) is 0 Å². The van der Waals surface area contributed by atoms with Gasteiger partial charge in [0, 0.05) is 5.56 Å². The lowest BCUT2D eigenvalue weighted by atomic mass is 10.1. The summed E-state index contributed by atoms with van der Waals surface area (Å²) in [6, 6.07) is 13.9. The van der Waals surface area contributed by atoms with Gasteiger partial charge in [-0.2, -0.15) is 0 Å². The molecule has 0 bridgehead atoms. The van der Waals surface area contributed by atoms with E-state index in [0.29, 0.717) is 0 Å². The maximum atomic E-state index is 5.13. The van der Waals surface area contributed by atoms with Crippen molar-refractivity contribution < 1.29 is 4.52 Å². The van der Waals surface area contributed by atoms with Crippen molar-refractivity contribution in [2.24, 2.45) is 0 Å². The lowest BCUT2D eigenvalue weighted by molar-refractivity contribution is 0.450. The number of pyridine rings is 1. The van der Waals surface area contributed by atoms with Crippen molar-refractivity contribution in [1.29, 1.82) is 0 Å². The molecule has 0 spiro atoms. The molecule has 3 heteroatoms. The summed E-state index contributed by atoms with van der Waals surface area (Å²) < 4.78 is 5.13. The average molecular weight is 210 g/mol. The Morgan fingerprint density at radius 1 is 1.00 bits per heavy atom. The molecule has 0 aliphatic heterocycles. The summed E-state index contributed by atoms with van der Waals surface area (Å²) in [5, 5.41) is 3.89. The molecule has 2 heterocycles. The minimum Gasteiger partial charge on any atom is -0.354 e. The molecule has 0 aliphatic rings. The predicted octanol–water partition coefficient (Wildman–Crippen LogP) is 3.20. The van der Waals surface area contributed by atoms with E-state index in [9.17, 15) is 0 Å². The molecule has 0 N–H and O–H groups in total. The molecular formula is C13H10N2O. The second-order valence-electron chi connectivity index (χ2n) is 3.68. The Hall–Kier alpha value is -2.16. The lowest BCUT2D eigenvalue weighted by Gasteiger charge is -1.99. The van der Waals surface area contributed by atoms with E-state index < -0.39 is 0 Å².